The average molecular weight is 461 g/mol. The van der Waals surface area contributed by atoms with Gasteiger partial charge in [-0.2, -0.15) is 0 Å². The quantitative estimate of drug-likeness (QED) is 0.404. The molecule has 8 heteroatoms. The molecule has 1 aromatic rings. The van der Waals surface area contributed by atoms with E-state index < -0.39 is 5.97 Å². The van der Waals surface area contributed by atoms with Crippen LogP contribution in [-0.2, 0) is 27.3 Å². The zero-order chi connectivity index (χ0) is 24.7. The van der Waals surface area contributed by atoms with E-state index in [2.05, 4.69) is 19.2 Å². The van der Waals surface area contributed by atoms with Gasteiger partial charge in [0.1, 0.15) is 12.4 Å². The Hall–Kier alpha value is -3.03. The van der Waals surface area contributed by atoms with Crippen molar-refractivity contribution in [3.05, 3.63) is 33.9 Å². The molecule has 0 fully saturated rings. The van der Waals surface area contributed by atoms with Crippen molar-refractivity contribution in [1.82, 2.24) is 4.90 Å². The van der Waals surface area contributed by atoms with Gasteiger partial charge in [0.25, 0.3) is 0 Å². The summed E-state index contributed by atoms with van der Waals surface area (Å²) in [7, 11) is 4.82. The van der Waals surface area contributed by atoms with Crippen molar-refractivity contribution < 1.29 is 28.6 Å². The highest BCUT2D eigenvalue weighted by molar-refractivity contribution is 6.05. The first-order chi connectivity index (χ1) is 15.6. The van der Waals surface area contributed by atoms with Gasteiger partial charge in [-0.25, -0.2) is 9.59 Å². The van der Waals surface area contributed by atoms with Gasteiger partial charge in [0, 0.05) is 31.6 Å². The predicted molar refractivity (Wildman–Crippen MR) is 127 cm³/mol. The number of nitrogens with zero attached hydrogens (tertiary/aromatic N) is 1. The lowest BCUT2D eigenvalue weighted by Crippen LogP contribution is -2.29. The van der Waals surface area contributed by atoms with Gasteiger partial charge in [-0.1, -0.05) is 25.5 Å². The molecular formula is C25H36N2O6. The molecule has 0 bridgehead atoms. The first-order valence-corrected chi connectivity index (χ1v) is 11.3. The minimum atomic E-state index is -0.462. The lowest BCUT2D eigenvalue weighted by atomic mass is 9.93. The van der Waals surface area contributed by atoms with Crippen molar-refractivity contribution >= 4 is 23.7 Å². The third kappa shape index (κ3) is 6.73. The normalized spacial score (nSPS) is 13.0. The number of allylic oxidation sites excluding steroid dienone is 2. The average Bonchev–Trinajstić information content (AvgIpc) is 3.14. The smallest absolute Gasteiger partial charge is 0.341 e. The van der Waals surface area contributed by atoms with Crippen molar-refractivity contribution in [1.29, 1.82) is 0 Å². The summed E-state index contributed by atoms with van der Waals surface area (Å²) in [6.45, 7) is 8.59. The second kappa shape index (κ2) is 11.7. The number of anilines is 1. The van der Waals surface area contributed by atoms with E-state index in [1.165, 1.54) is 4.90 Å². The zero-order valence-corrected chi connectivity index (χ0v) is 20.8. The minimum absolute atomic E-state index is 0.148. The molecule has 0 spiro atoms. The Bertz CT molecular complexity index is 934. The fourth-order valence-corrected chi connectivity index (χ4v) is 3.57. The summed E-state index contributed by atoms with van der Waals surface area (Å²) < 4.78 is 16.2. The fourth-order valence-electron chi connectivity index (χ4n) is 3.57. The molecule has 1 heterocycles. The molecule has 2 rings (SSSR count). The number of hydrogen-bond donors (Lipinski definition) is 1. The number of amides is 2. The van der Waals surface area contributed by atoms with Crippen molar-refractivity contribution in [3.63, 3.8) is 0 Å². The Morgan fingerprint density at radius 1 is 1.24 bits per heavy atom. The van der Waals surface area contributed by atoms with Crippen LogP contribution in [0.15, 0.2) is 11.6 Å². The van der Waals surface area contributed by atoms with Crippen molar-refractivity contribution in [2.45, 2.75) is 60.0 Å². The van der Waals surface area contributed by atoms with E-state index in [0.29, 0.717) is 54.4 Å². The summed E-state index contributed by atoms with van der Waals surface area (Å²) in [5, 5.41) is 2.85. The number of esters is 2. The van der Waals surface area contributed by atoms with Gasteiger partial charge in [0.15, 0.2) is 0 Å². The van der Waals surface area contributed by atoms with E-state index in [9.17, 15) is 14.4 Å². The van der Waals surface area contributed by atoms with Crippen LogP contribution in [0.1, 0.15) is 67.1 Å². The van der Waals surface area contributed by atoms with Crippen LogP contribution < -0.4 is 10.1 Å². The summed E-state index contributed by atoms with van der Waals surface area (Å²) in [6, 6.07) is -0.353. The molecule has 0 unspecified atom stereocenters. The highest BCUT2D eigenvalue weighted by atomic mass is 16.5. The van der Waals surface area contributed by atoms with Gasteiger partial charge in [-0.05, 0) is 44.6 Å². The highest BCUT2D eigenvalue weighted by Gasteiger charge is 2.32. The zero-order valence-electron chi connectivity index (χ0n) is 20.8. The molecule has 33 heavy (non-hydrogen) atoms. The summed E-state index contributed by atoms with van der Waals surface area (Å²) in [5.41, 5.74) is 4.02. The molecular weight excluding hydrogens is 424 g/mol. The summed E-state index contributed by atoms with van der Waals surface area (Å²) in [6.07, 6.45) is 4.12. The van der Waals surface area contributed by atoms with Gasteiger partial charge in [0.05, 0.1) is 25.0 Å². The maximum atomic E-state index is 12.5. The topological polar surface area (TPSA) is 94.2 Å². The predicted octanol–water partition coefficient (Wildman–Crippen LogP) is 4.63. The summed E-state index contributed by atoms with van der Waals surface area (Å²) in [5.74, 6) is 0.426. The number of benzene rings is 1. The highest BCUT2D eigenvalue weighted by Crippen LogP contribution is 2.41. The maximum Gasteiger partial charge on any atom is 0.341 e. The lowest BCUT2D eigenvalue weighted by molar-refractivity contribution is -0.143. The van der Waals surface area contributed by atoms with Crippen molar-refractivity contribution in [2.24, 2.45) is 5.92 Å². The van der Waals surface area contributed by atoms with Gasteiger partial charge in [-0.3, -0.25) is 4.79 Å². The molecule has 0 saturated heterocycles. The molecule has 1 aliphatic heterocycles. The molecule has 8 nitrogen and oxygen atoms in total. The van der Waals surface area contributed by atoms with Gasteiger partial charge < -0.3 is 24.4 Å². The molecule has 0 saturated carbocycles. The summed E-state index contributed by atoms with van der Waals surface area (Å²) in [4.78, 5) is 38.3. The number of carbonyl (C=O) groups is 3. The Morgan fingerprint density at radius 3 is 2.55 bits per heavy atom. The molecule has 0 aromatic heterocycles. The van der Waals surface area contributed by atoms with Crippen molar-refractivity contribution in [2.75, 3.05) is 33.1 Å². The Kier molecular flexibility index (Phi) is 9.32. The van der Waals surface area contributed by atoms with E-state index in [-0.39, 0.29) is 18.6 Å². The third-order valence-electron chi connectivity index (χ3n) is 5.65. The van der Waals surface area contributed by atoms with Crippen LogP contribution in [-0.4, -0.2) is 50.7 Å². The van der Waals surface area contributed by atoms with E-state index >= 15 is 0 Å². The summed E-state index contributed by atoms with van der Waals surface area (Å²) >= 11 is 0. The van der Waals surface area contributed by atoms with Crippen LogP contribution in [0.4, 0.5) is 10.5 Å². The van der Waals surface area contributed by atoms with Crippen LogP contribution >= 0.6 is 0 Å². The molecule has 0 atom stereocenters. The third-order valence-corrected chi connectivity index (χ3v) is 5.65. The molecule has 0 aliphatic carbocycles. The Balaban J connectivity index is 2.26. The number of carbonyl (C=O) groups excluding carboxylic acids is 3. The molecule has 1 aliphatic rings. The minimum Gasteiger partial charge on any atom is -0.496 e. The molecule has 1 N–H and O–H groups in total. The van der Waals surface area contributed by atoms with E-state index in [1.807, 2.05) is 19.9 Å². The lowest BCUT2D eigenvalue weighted by Gasteiger charge is -2.21. The van der Waals surface area contributed by atoms with E-state index in [0.717, 1.165) is 23.1 Å². The standard InChI is InChI=1S/C25H36N2O6/c1-15(2)12-13-32-20(28)11-9-16(3)8-10-18-22(26-25(30)27(5)6)21-19(14-33-24(21)29)17(4)23(18)31-7/h8,15H,9-14H2,1-7H3,(H,26,30). The first kappa shape index (κ1) is 26.2. The van der Waals surface area contributed by atoms with Crippen LogP contribution in [0.3, 0.4) is 0 Å². The van der Waals surface area contributed by atoms with Crippen molar-refractivity contribution in [3.8, 4) is 5.75 Å². The number of cyclic esters (lactones) is 1. The maximum absolute atomic E-state index is 12.5. The number of urea groups is 1. The second-order valence-electron chi connectivity index (χ2n) is 8.92. The molecule has 182 valence electrons. The number of ether oxygens (including phenoxy) is 3. The molecule has 1 aromatic carbocycles. The number of rotatable bonds is 10. The van der Waals surface area contributed by atoms with E-state index in [1.54, 1.807) is 21.2 Å². The molecule has 0 radical (unpaired) electrons. The number of fused-ring (bicyclic) bond motifs is 1. The SMILES string of the molecule is COc1c(C)c2c(c(NC(=O)N(C)C)c1CC=C(C)CCC(=O)OCCC(C)C)C(=O)OC2. The fraction of sp³-hybridized carbons (Fsp3) is 0.560. The first-order valence-electron chi connectivity index (χ1n) is 11.3. The monoisotopic (exact) mass is 460 g/mol. The van der Waals surface area contributed by atoms with Gasteiger partial charge in [-0.15, -0.1) is 0 Å². The Labute approximate surface area is 196 Å². The Morgan fingerprint density at radius 2 is 1.94 bits per heavy atom. The number of hydrogen-bond acceptors (Lipinski definition) is 6. The van der Waals surface area contributed by atoms with Crippen LogP contribution in [0.5, 0.6) is 5.75 Å². The van der Waals surface area contributed by atoms with E-state index in [4.69, 9.17) is 14.2 Å². The number of nitrogens with one attached hydrogen (secondary N) is 1. The van der Waals surface area contributed by atoms with Crippen LogP contribution in [0, 0.1) is 12.8 Å². The second-order valence-corrected chi connectivity index (χ2v) is 8.92. The van der Waals surface area contributed by atoms with Crippen LogP contribution in [0.25, 0.3) is 0 Å². The number of methoxy groups -OCH3 is 1. The molecule has 2 amide bonds. The van der Waals surface area contributed by atoms with Crippen LogP contribution in [0.2, 0.25) is 0 Å². The van der Waals surface area contributed by atoms with Gasteiger partial charge in [0.2, 0.25) is 0 Å². The largest absolute Gasteiger partial charge is 0.496 e. The van der Waals surface area contributed by atoms with Gasteiger partial charge >= 0.3 is 18.0 Å².